The summed E-state index contributed by atoms with van der Waals surface area (Å²) < 4.78 is 0. The highest BCUT2D eigenvalue weighted by molar-refractivity contribution is 5.94. The van der Waals surface area contributed by atoms with Crippen LogP contribution in [-0.2, 0) is 0 Å². The van der Waals surface area contributed by atoms with E-state index in [1.165, 1.54) is 0 Å². The summed E-state index contributed by atoms with van der Waals surface area (Å²) in [6, 6.07) is 18.3. The molecule has 0 aliphatic carbocycles. The number of benzene rings is 2. The Morgan fingerprint density at radius 3 is 2.63 bits per heavy atom. The standard InChI is InChI=1S/C23H17N7/c1-12-16(10-24)21(17(11-25)13(2)26-12)14-7-8-18-15(9-14)22(30-29-18)23-27-19-5-3-4-6-20(19)28-23/h3-9,16,21H,1-2H3,(H,27,28)(H,29,30). The van der Waals surface area contributed by atoms with E-state index >= 15 is 0 Å². The first kappa shape index (κ1) is 17.8. The second-order valence-corrected chi connectivity index (χ2v) is 7.43. The molecular formula is C23H17N7. The third-order valence-corrected chi connectivity index (χ3v) is 5.65. The van der Waals surface area contributed by atoms with Gasteiger partial charge in [0.15, 0.2) is 5.82 Å². The number of fused-ring (bicyclic) bond motifs is 2. The fourth-order valence-corrected chi connectivity index (χ4v) is 4.18. The second-order valence-electron chi connectivity index (χ2n) is 7.43. The first-order chi connectivity index (χ1) is 14.6. The van der Waals surface area contributed by atoms with Crippen molar-refractivity contribution < 1.29 is 0 Å². The van der Waals surface area contributed by atoms with Gasteiger partial charge in [0.25, 0.3) is 0 Å². The number of aromatic amines is 2. The molecule has 144 valence electrons. The Labute approximate surface area is 172 Å². The van der Waals surface area contributed by atoms with Crippen LogP contribution in [0, 0.1) is 28.6 Å². The summed E-state index contributed by atoms with van der Waals surface area (Å²) in [7, 11) is 0. The Morgan fingerprint density at radius 1 is 1.03 bits per heavy atom. The number of hydrogen-bond acceptors (Lipinski definition) is 5. The van der Waals surface area contributed by atoms with Gasteiger partial charge in [0, 0.05) is 17.0 Å². The Kier molecular flexibility index (Phi) is 3.97. The van der Waals surface area contributed by atoms with Gasteiger partial charge in [0.1, 0.15) is 5.69 Å². The molecule has 7 nitrogen and oxygen atoms in total. The van der Waals surface area contributed by atoms with Crippen molar-refractivity contribution in [2.45, 2.75) is 19.8 Å². The van der Waals surface area contributed by atoms with Crippen LogP contribution in [0.15, 0.2) is 58.7 Å². The first-order valence-corrected chi connectivity index (χ1v) is 9.59. The van der Waals surface area contributed by atoms with Gasteiger partial charge in [0.05, 0.1) is 45.9 Å². The van der Waals surface area contributed by atoms with E-state index in [1.54, 1.807) is 0 Å². The van der Waals surface area contributed by atoms with Crippen molar-refractivity contribution in [1.82, 2.24) is 20.2 Å². The van der Waals surface area contributed by atoms with Crippen LogP contribution >= 0.6 is 0 Å². The Bertz CT molecular complexity index is 1420. The monoisotopic (exact) mass is 391 g/mol. The summed E-state index contributed by atoms with van der Waals surface area (Å²) in [5, 5.41) is 28.0. The highest BCUT2D eigenvalue weighted by atomic mass is 15.1. The fraction of sp³-hybridized carbons (Fsp3) is 0.174. The maximum atomic E-state index is 9.78. The van der Waals surface area contributed by atoms with Crippen molar-refractivity contribution in [1.29, 1.82) is 10.5 Å². The van der Waals surface area contributed by atoms with Crippen LogP contribution in [0.1, 0.15) is 25.3 Å². The average Bonchev–Trinajstić information content (AvgIpc) is 3.36. The van der Waals surface area contributed by atoms with Gasteiger partial charge in [0.2, 0.25) is 0 Å². The lowest BCUT2D eigenvalue weighted by Gasteiger charge is -2.26. The topological polar surface area (TPSA) is 117 Å². The number of hydrogen-bond donors (Lipinski definition) is 2. The van der Waals surface area contributed by atoms with E-state index in [0.717, 1.165) is 33.2 Å². The number of rotatable bonds is 2. The molecule has 3 heterocycles. The Balaban J connectivity index is 1.68. The van der Waals surface area contributed by atoms with Crippen molar-refractivity contribution in [3.05, 3.63) is 59.3 Å². The first-order valence-electron chi connectivity index (χ1n) is 9.59. The van der Waals surface area contributed by atoms with Crippen molar-refractivity contribution >= 4 is 27.6 Å². The predicted octanol–water partition coefficient (Wildman–Crippen LogP) is 4.60. The minimum atomic E-state index is -0.484. The summed E-state index contributed by atoms with van der Waals surface area (Å²) in [5.41, 5.74) is 6.18. The average molecular weight is 391 g/mol. The molecule has 2 unspecified atom stereocenters. The van der Waals surface area contributed by atoms with Crippen LogP contribution in [-0.4, -0.2) is 25.9 Å². The summed E-state index contributed by atoms with van der Waals surface area (Å²) in [5.74, 6) is -0.173. The molecule has 1 aliphatic heterocycles. The molecule has 0 saturated heterocycles. The molecule has 0 amide bonds. The van der Waals surface area contributed by atoms with Gasteiger partial charge in [-0.1, -0.05) is 18.2 Å². The lowest BCUT2D eigenvalue weighted by Crippen LogP contribution is -2.24. The van der Waals surface area contributed by atoms with Crippen LogP contribution in [0.4, 0.5) is 0 Å². The largest absolute Gasteiger partial charge is 0.337 e. The number of nitrogens with one attached hydrogen (secondary N) is 2. The zero-order valence-corrected chi connectivity index (χ0v) is 16.4. The van der Waals surface area contributed by atoms with Gasteiger partial charge >= 0.3 is 0 Å². The molecule has 0 fully saturated rings. The van der Waals surface area contributed by atoms with Crippen molar-refractivity contribution in [2.24, 2.45) is 10.9 Å². The number of para-hydroxylation sites is 2. The number of imidazole rings is 1. The number of nitriles is 2. The van der Waals surface area contributed by atoms with Gasteiger partial charge in [-0.2, -0.15) is 15.6 Å². The highest BCUT2D eigenvalue weighted by Crippen LogP contribution is 2.39. The van der Waals surface area contributed by atoms with E-state index < -0.39 is 5.92 Å². The molecule has 4 aromatic rings. The third kappa shape index (κ3) is 2.61. The maximum Gasteiger partial charge on any atom is 0.159 e. The van der Waals surface area contributed by atoms with Crippen LogP contribution in [0.2, 0.25) is 0 Å². The molecule has 5 rings (SSSR count). The van der Waals surface area contributed by atoms with E-state index in [0.29, 0.717) is 22.8 Å². The van der Waals surface area contributed by atoms with Crippen molar-refractivity contribution in [3.8, 4) is 23.7 Å². The van der Waals surface area contributed by atoms with Gasteiger partial charge < -0.3 is 4.98 Å². The number of aromatic nitrogens is 4. The molecule has 0 spiro atoms. The number of aliphatic imine (C=N–C) groups is 1. The summed E-state index contributed by atoms with van der Waals surface area (Å²) in [6.45, 7) is 3.66. The van der Waals surface area contributed by atoms with Crippen LogP contribution in [0.25, 0.3) is 33.5 Å². The SMILES string of the molecule is CC1=NC(C)=C(C#N)C(c2ccc3[nH]nc(-c4nc5ccccc5[nH]4)c3c2)C1C#N. The zero-order chi connectivity index (χ0) is 20.8. The molecule has 0 radical (unpaired) electrons. The van der Waals surface area contributed by atoms with Crippen LogP contribution < -0.4 is 0 Å². The lowest BCUT2D eigenvalue weighted by atomic mass is 9.76. The minimum Gasteiger partial charge on any atom is -0.337 e. The molecule has 2 aromatic carbocycles. The summed E-state index contributed by atoms with van der Waals surface area (Å²) in [4.78, 5) is 12.4. The molecule has 2 aromatic heterocycles. The van der Waals surface area contributed by atoms with E-state index in [2.05, 4.69) is 37.3 Å². The van der Waals surface area contributed by atoms with Gasteiger partial charge in [-0.3, -0.25) is 10.1 Å². The fourth-order valence-electron chi connectivity index (χ4n) is 4.18. The van der Waals surface area contributed by atoms with E-state index in [4.69, 9.17) is 0 Å². The van der Waals surface area contributed by atoms with E-state index in [1.807, 2.05) is 56.3 Å². The summed E-state index contributed by atoms with van der Waals surface area (Å²) >= 11 is 0. The second kappa shape index (κ2) is 6.68. The molecule has 0 saturated carbocycles. The smallest absolute Gasteiger partial charge is 0.159 e. The quantitative estimate of drug-likeness (QED) is 0.519. The highest BCUT2D eigenvalue weighted by Gasteiger charge is 2.34. The van der Waals surface area contributed by atoms with Crippen molar-refractivity contribution in [2.75, 3.05) is 0 Å². The lowest BCUT2D eigenvalue weighted by molar-refractivity contribution is 0.704. The zero-order valence-electron chi connectivity index (χ0n) is 16.4. The predicted molar refractivity (Wildman–Crippen MR) is 114 cm³/mol. The van der Waals surface area contributed by atoms with Crippen molar-refractivity contribution in [3.63, 3.8) is 0 Å². The van der Waals surface area contributed by atoms with E-state index in [-0.39, 0.29) is 5.92 Å². The normalized spacial score (nSPS) is 19.0. The molecular weight excluding hydrogens is 374 g/mol. The van der Waals surface area contributed by atoms with Gasteiger partial charge in [-0.25, -0.2) is 4.98 Å². The Morgan fingerprint density at radius 2 is 1.87 bits per heavy atom. The number of allylic oxidation sites excluding steroid dienone is 2. The number of nitrogens with zero attached hydrogens (tertiary/aromatic N) is 5. The molecule has 0 bridgehead atoms. The summed E-state index contributed by atoms with van der Waals surface area (Å²) in [6.07, 6.45) is 0. The Hall–Kier alpha value is -4.23. The van der Waals surface area contributed by atoms with Gasteiger partial charge in [-0.15, -0.1) is 0 Å². The molecule has 2 N–H and O–H groups in total. The molecule has 1 aliphatic rings. The third-order valence-electron chi connectivity index (χ3n) is 5.65. The van der Waals surface area contributed by atoms with Gasteiger partial charge in [-0.05, 0) is 43.7 Å². The van der Waals surface area contributed by atoms with Crippen LogP contribution in [0.3, 0.4) is 0 Å². The molecule has 2 atom stereocenters. The molecule has 30 heavy (non-hydrogen) atoms. The van der Waals surface area contributed by atoms with Crippen LogP contribution in [0.5, 0.6) is 0 Å². The minimum absolute atomic E-state index is 0.361. The molecule has 7 heteroatoms. The number of H-pyrrole nitrogens is 2. The van der Waals surface area contributed by atoms with E-state index in [9.17, 15) is 10.5 Å². The maximum absolute atomic E-state index is 9.78.